The summed E-state index contributed by atoms with van der Waals surface area (Å²) in [4.78, 5) is 11.8. The number of nitriles is 1. The summed E-state index contributed by atoms with van der Waals surface area (Å²) in [5.41, 5.74) is 3.52. The number of nitrogens with zero attached hydrogens (tertiary/aromatic N) is 1. The Hall–Kier alpha value is -1.87. The van der Waals surface area contributed by atoms with Crippen molar-refractivity contribution in [2.24, 2.45) is 0 Å². The lowest BCUT2D eigenvalue weighted by Gasteiger charge is -2.12. The highest BCUT2D eigenvalue weighted by Crippen LogP contribution is 2.21. The van der Waals surface area contributed by atoms with E-state index in [1.54, 1.807) is 6.07 Å². The van der Waals surface area contributed by atoms with Crippen LogP contribution in [0, 0.1) is 32.1 Å². The molecule has 0 radical (unpaired) electrons. The van der Waals surface area contributed by atoms with Crippen LogP contribution >= 0.6 is 0 Å². The molecule has 1 aromatic rings. The molecule has 0 aromatic heterocycles. The molecule has 1 rings (SSSR count). The third kappa shape index (κ3) is 4.67. The predicted octanol–water partition coefficient (Wildman–Crippen LogP) is 1.88. The van der Waals surface area contributed by atoms with Gasteiger partial charge in [-0.05, 0) is 31.9 Å². The lowest BCUT2D eigenvalue weighted by molar-refractivity contribution is -0.113. The number of sulfone groups is 1. The van der Waals surface area contributed by atoms with Crippen molar-refractivity contribution in [1.82, 2.24) is 0 Å². The van der Waals surface area contributed by atoms with Crippen molar-refractivity contribution in [3.05, 3.63) is 28.8 Å². The van der Waals surface area contributed by atoms with E-state index in [-0.39, 0.29) is 12.2 Å². The molecule has 0 saturated carbocycles. The second-order valence-electron chi connectivity index (χ2n) is 4.82. The average Bonchev–Trinajstić information content (AvgIpc) is 2.30. The van der Waals surface area contributed by atoms with Crippen molar-refractivity contribution in [1.29, 1.82) is 5.26 Å². The number of carbonyl (C=O) groups is 1. The minimum Gasteiger partial charge on any atom is -0.325 e. The minimum atomic E-state index is -3.53. The molecule has 20 heavy (non-hydrogen) atoms. The summed E-state index contributed by atoms with van der Waals surface area (Å²) in [6.07, 6.45) is -0.0990. The van der Waals surface area contributed by atoms with Crippen molar-refractivity contribution >= 4 is 21.4 Å². The molecule has 0 aliphatic heterocycles. The van der Waals surface area contributed by atoms with Gasteiger partial charge in [-0.2, -0.15) is 5.26 Å². The van der Waals surface area contributed by atoms with E-state index in [4.69, 9.17) is 5.26 Å². The predicted molar refractivity (Wildman–Crippen MR) is 78.2 cm³/mol. The van der Waals surface area contributed by atoms with Gasteiger partial charge in [0.15, 0.2) is 9.84 Å². The quantitative estimate of drug-likeness (QED) is 0.898. The van der Waals surface area contributed by atoms with Crippen LogP contribution in [0.5, 0.6) is 0 Å². The van der Waals surface area contributed by atoms with E-state index >= 15 is 0 Å². The molecule has 108 valence electrons. The number of amides is 1. The SMILES string of the molecule is Cc1cc(C)c(NC(=O)CS(=O)(=O)CCC#N)c(C)c1. The van der Waals surface area contributed by atoms with Crippen molar-refractivity contribution < 1.29 is 13.2 Å². The topological polar surface area (TPSA) is 87.0 Å². The zero-order chi connectivity index (χ0) is 15.3. The van der Waals surface area contributed by atoms with Crippen LogP contribution in [-0.4, -0.2) is 25.8 Å². The van der Waals surface area contributed by atoms with Crippen LogP contribution in [0.2, 0.25) is 0 Å². The van der Waals surface area contributed by atoms with E-state index in [0.29, 0.717) is 5.69 Å². The number of nitrogens with one attached hydrogen (secondary N) is 1. The highest BCUT2D eigenvalue weighted by Gasteiger charge is 2.17. The number of anilines is 1. The fourth-order valence-corrected chi connectivity index (χ4v) is 3.04. The molecule has 1 aromatic carbocycles. The molecule has 1 N–H and O–H groups in total. The Balaban J connectivity index is 2.80. The van der Waals surface area contributed by atoms with Gasteiger partial charge in [0.05, 0.1) is 11.8 Å². The van der Waals surface area contributed by atoms with Gasteiger partial charge in [-0.1, -0.05) is 17.7 Å². The van der Waals surface area contributed by atoms with Crippen LogP contribution in [-0.2, 0) is 14.6 Å². The molecule has 5 nitrogen and oxygen atoms in total. The van der Waals surface area contributed by atoms with Crippen molar-refractivity contribution in [2.75, 3.05) is 16.8 Å². The molecule has 0 saturated heterocycles. The number of hydrogen-bond donors (Lipinski definition) is 1. The fourth-order valence-electron chi connectivity index (χ4n) is 2.03. The van der Waals surface area contributed by atoms with Gasteiger partial charge in [0.1, 0.15) is 5.75 Å². The third-order valence-corrected chi connectivity index (χ3v) is 4.35. The number of rotatable bonds is 5. The third-order valence-electron chi connectivity index (χ3n) is 2.82. The van der Waals surface area contributed by atoms with E-state index in [0.717, 1.165) is 16.7 Å². The summed E-state index contributed by atoms with van der Waals surface area (Å²) in [5, 5.41) is 11.0. The van der Waals surface area contributed by atoms with Crippen LogP contribution in [0.1, 0.15) is 23.1 Å². The van der Waals surface area contributed by atoms with Gasteiger partial charge < -0.3 is 5.32 Å². The number of aryl methyl sites for hydroxylation is 3. The van der Waals surface area contributed by atoms with Crippen LogP contribution in [0.3, 0.4) is 0 Å². The molecule has 0 heterocycles. The molecule has 0 fully saturated rings. The molecule has 0 spiro atoms. The highest BCUT2D eigenvalue weighted by molar-refractivity contribution is 7.92. The Morgan fingerprint density at radius 3 is 2.30 bits per heavy atom. The first-order chi connectivity index (χ1) is 9.25. The molecule has 0 aliphatic rings. The first kappa shape index (κ1) is 16.2. The fraction of sp³-hybridized carbons (Fsp3) is 0.429. The first-order valence-electron chi connectivity index (χ1n) is 6.20. The zero-order valence-electron chi connectivity index (χ0n) is 11.9. The van der Waals surface area contributed by atoms with Crippen LogP contribution in [0.15, 0.2) is 12.1 Å². The van der Waals surface area contributed by atoms with E-state index in [1.165, 1.54) is 0 Å². The summed E-state index contributed by atoms with van der Waals surface area (Å²) in [6, 6.07) is 5.61. The van der Waals surface area contributed by atoms with Gasteiger partial charge in [0.25, 0.3) is 0 Å². The lowest BCUT2D eigenvalue weighted by atomic mass is 10.1. The average molecular weight is 294 g/mol. The standard InChI is InChI=1S/C14H18N2O3S/c1-10-7-11(2)14(12(3)8-10)16-13(17)9-20(18,19)6-4-5-15/h7-8H,4,6,9H2,1-3H3,(H,16,17). The second kappa shape index (κ2) is 6.53. The monoisotopic (exact) mass is 294 g/mol. The minimum absolute atomic E-state index is 0.0990. The van der Waals surface area contributed by atoms with Crippen molar-refractivity contribution in [3.8, 4) is 6.07 Å². The van der Waals surface area contributed by atoms with E-state index in [9.17, 15) is 13.2 Å². The van der Waals surface area contributed by atoms with Crippen molar-refractivity contribution in [2.45, 2.75) is 27.2 Å². The molecular weight excluding hydrogens is 276 g/mol. The maximum Gasteiger partial charge on any atom is 0.239 e. The number of carbonyl (C=O) groups excluding carboxylic acids is 1. The van der Waals surface area contributed by atoms with E-state index in [2.05, 4.69) is 5.32 Å². The largest absolute Gasteiger partial charge is 0.325 e. The molecule has 1 amide bonds. The Bertz CT molecular complexity index is 634. The van der Waals surface area contributed by atoms with E-state index in [1.807, 2.05) is 32.9 Å². The maximum absolute atomic E-state index is 11.8. The summed E-state index contributed by atoms with van der Waals surface area (Å²) >= 11 is 0. The van der Waals surface area contributed by atoms with Crippen molar-refractivity contribution in [3.63, 3.8) is 0 Å². The van der Waals surface area contributed by atoms with Gasteiger partial charge >= 0.3 is 0 Å². The molecule has 0 atom stereocenters. The molecular formula is C14H18N2O3S. The Morgan fingerprint density at radius 1 is 1.25 bits per heavy atom. The normalized spacial score (nSPS) is 10.9. The zero-order valence-corrected chi connectivity index (χ0v) is 12.7. The Morgan fingerprint density at radius 2 is 1.80 bits per heavy atom. The number of hydrogen-bond acceptors (Lipinski definition) is 4. The van der Waals surface area contributed by atoms with Gasteiger partial charge in [-0.25, -0.2) is 8.42 Å². The summed E-state index contributed by atoms with van der Waals surface area (Å²) in [5.74, 6) is -1.46. The number of benzene rings is 1. The highest BCUT2D eigenvalue weighted by atomic mass is 32.2. The summed E-state index contributed by atoms with van der Waals surface area (Å²) < 4.78 is 23.2. The van der Waals surface area contributed by atoms with Crippen LogP contribution in [0.4, 0.5) is 5.69 Å². The second-order valence-corrected chi connectivity index (χ2v) is 7.01. The maximum atomic E-state index is 11.8. The first-order valence-corrected chi connectivity index (χ1v) is 8.02. The smallest absolute Gasteiger partial charge is 0.239 e. The van der Waals surface area contributed by atoms with Crippen LogP contribution in [0.25, 0.3) is 0 Å². The lowest BCUT2D eigenvalue weighted by Crippen LogP contribution is -2.25. The molecule has 0 unspecified atom stereocenters. The van der Waals surface area contributed by atoms with Gasteiger partial charge in [0.2, 0.25) is 5.91 Å². The van der Waals surface area contributed by atoms with Gasteiger partial charge in [0, 0.05) is 12.1 Å². The molecule has 0 aliphatic carbocycles. The van der Waals surface area contributed by atoms with E-state index < -0.39 is 21.5 Å². The summed E-state index contributed by atoms with van der Waals surface area (Å²) in [7, 11) is -3.53. The van der Waals surface area contributed by atoms with Crippen LogP contribution < -0.4 is 5.32 Å². The van der Waals surface area contributed by atoms with Gasteiger partial charge in [-0.15, -0.1) is 0 Å². The van der Waals surface area contributed by atoms with Gasteiger partial charge in [-0.3, -0.25) is 4.79 Å². The Kier molecular flexibility index (Phi) is 5.28. The Labute approximate surface area is 119 Å². The molecule has 6 heteroatoms. The molecule has 0 bridgehead atoms. The summed E-state index contributed by atoms with van der Waals surface area (Å²) in [6.45, 7) is 5.68.